The largest absolute Gasteiger partial charge is 0.310 e. The third-order valence-corrected chi connectivity index (χ3v) is 13.1. The van der Waals surface area contributed by atoms with Crippen LogP contribution in [0, 0.1) is 0 Å². The van der Waals surface area contributed by atoms with Crippen LogP contribution in [0.2, 0.25) is 0 Å². The highest BCUT2D eigenvalue weighted by molar-refractivity contribution is 6.10. The van der Waals surface area contributed by atoms with Gasteiger partial charge in [0.25, 0.3) is 0 Å². The maximum absolute atomic E-state index is 2.48. The number of hydrogen-bond acceptors (Lipinski definition) is 1. The minimum Gasteiger partial charge on any atom is -0.310 e. The van der Waals surface area contributed by atoms with Gasteiger partial charge in [0, 0.05) is 33.5 Å². The lowest BCUT2D eigenvalue weighted by Crippen LogP contribution is -2.28. The molecule has 0 atom stereocenters. The van der Waals surface area contributed by atoms with Gasteiger partial charge in [-0.2, -0.15) is 0 Å². The zero-order valence-electron chi connectivity index (χ0n) is 34.6. The van der Waals surface area contributed by atoms with Gasteiger partial charge in [0.1, 0.15) is 0 Å². The Morgan fingerprint density at radius 3 is 1.48 bits per heavy atom. The van der Waals surface area contributed by atoms with E-state index in [9.17, 15) is 0 Å². The smallest absolute Gasteiger partial charge is 0.0714 e. The maximum Gasteiger partial charge on any atom is 0.0714 e. The first-order valence-corrected chi connectivity index (χ1v) is 21.8. The Bertz CT molecular complexity index is 3350. The number of hydrogen-bond donors (Lipinski definition) is 0. The molecule has 0 amide bonds. The Kier molecular flexibility index (Phi) is 8.76. The van der Waals surface area contributed by atoms with Crippen LogP contribution in [0.15, 0.2) is 255 Å². The van der Waals surface area contributed by atoms with Gasteiger partial charge in [-0.1, -0.05) is 194 Å². The van der Waals surface area contributed by atoms with E-state index in [-0.39, 0.29) is 0 Å². The number of anilines is 3. The first-order chi connectivity index (χ1) is 31.3. The Balaban J connectivity index is 0.972. The van der Waals surface area contributed by atoms with E-state index in [1.54, 1.807) is 0 Å². The molecule has 1 aromatic heterocycles. The Morgan fingerprint density at radius 2 is 0.810 bits per heavy atom. The Hall–Kier alpha value is -8.20. The molecule has 10 aromatic carbocycles. The van der Waals surface area contributed by atoms with Gasteiger partial charge in [0.15, 0.2) is 0 Å². The number of nitrogens with zero attached hydrogens (tertiary/aromatic N) is 2. The third kappa shape index (κ3) is 5.95. The van der Waals surface area contributed by atoms with Gasteiger partial charge in [-0.3, -0.25) is 0 Å². The highest BCUT2D eigenvalue weighted by Gasteiger charge is 2.46. The molecule has 11 aromatic rings. The second-order valence-corrected chi connectivity index (χ2v) is 16.5. The summed E-state index contributed by atoms with van der Waals surface area (Å²) in [5.74, 6) is 0. The van der Waals surface area contributed by atoms with Crippen molar-refractivity contribution in [3.8, 4) is 39.1 Å². The van der Waals surface area contributed by atoms with Crippen LogP contribution in [-0.4, -0.2) is 4.57 Å². The fourth-order valence-corrected chi connectivity index (χ4v) is 10.3. The molecule has 63 heavy (non-hydrogen) atoms. The molecule has 0 saturated carbocycles. The zero-order chi connectivity index (χ0) is 41.7. The lowest BCUT2D eigenvalue weighted by molar-refractivity contribution is 0.767. The second kappa shape index (κ2) is 15.1. The van der Waals surface area contributed by atoms with Crippen LogP contribution in [0.1, 0.15) is 22.3 Å². The standard InChI is InChI=1S/C61H42N2/c1-5-19-47(20-6-1)61(48-21-7-2-8-22-48)57-30-15-13-28-53(57)54-39-37-52(42-58(54)61)63-59-31-16-14-29-55(59)56-38-36-46(41-60(56)63)44-34-32-43(33-35-44)45-18-17-27-51(40-45)62(49-23-9-3-10-24-49)50-25-11-4-12-26-50/h1-42H. The predicted molar refractivity (Wildman–Crippen MR) is 264 cm³/mol. The highest BCUT2D eigenvalue weighted by Crippen LogP contribution is 2.56. The highest BCUT2D eigenvalue weighted by atomic mass is 15.1. The molecule has 2 nitrogen and oxygen atoms in total. The molecule has 0 saturated heterocycles. The molecule has 0 N–H and O–H groups in total. The van der Waals surface area contributed by atoms with Crippen LogP contribution in [0.25, 0.3) is 60.9 Å². The molecule has 0 radical (unpaired) electrons. The van der Waals surface area contributed by atoms with Crippen molar-refractivity contribution in [2.75, 3.05) is 4.90 Å². The first kappa shape index (κ1) is 36.6. The second-order valence-electron chi connectivity index (χ2n) is 16.5. The lowest BCUT2D eigenvalue weighted by atomic mass is 9.67. The summed E-state index contributed by atoms with van der Waals surface area (Å²) in [6, 6.07) is 93.1. The van der Waals surface area contributed by atoms with E-state index in [0.717, 1.165) is 22.7 Å². The summed E-state index contributed by atoms with van der Waals surface area (Å²) in [6.07, 6.45) is 0. The number of benzene rings is 10. The summed E-state index contributed by atoms with van der Waals surface area (Å²) in [6.45, 7) is 0. The van der Waals surface area contributed by atoms with Crippen molar-refractivity contribution in [2.24, 2.45) is 0 Å². The Labute approximate surface area is 368 Å². The molecular formula is C61H42N2. The van der Waals surface area contributed by atoms with E-state index in [4.69, 9.17) is 0 Å². The number of para-hydroxylation sites is 3. The quantitative estimate of drug-likeness (QED) is 0.149. The van der Waals surface area contributed by atoms with Crippen molar-refractivity contribution in [2.45, 2.75) is 5.41 Å². The van der Waals surface area contributed by atoms with Crippen LogP contribution >= 0.6 is 0 Å². The molecule has 1 heterocycles. The van der Waals surface area contributed by atoms with Crippen molar-refractivity contribution >= 4 is 38.9 Å². The van der Waals surface area contributed by atoms with E-state index in [1.807, 2.05) is 0 Å². The van der Waals surface area contributed by atoms with Gasteiger partial charge < -0.3 is 9.47 Å². The molecule has 0 aliphatic heterocycles. The fraction of sp³-hybridized carbons (Fsp3) is 0.0164. The van der Waals surface area contributed by atoms with Crippen LogP contribution in [0.4, 0.5) is 17.1 Å². The summed E-state index contributed by atoms with van der Waals surface area (Å²) < 4.78 is 2.48. The van der Waals surface area contributed by atoms with E-state index < -0.39 is 5.41 Å². The molecule has 0 fully saturated rings. The number of fused-ring (bicyclic) bond motifs is 6. The van der Waals surface area contributed by atoms with E-state index >= 15 is 0 Å². The zero-order valence-corrected chi connectivity index (χ0v) is 34.6. The topological polar surface area (TPSA) is 8.17 Å². The van der Waals surface area contributed by atoms with Gasteiger partial charge in [-0.15, -0.1) is 0 Å². The summed E-state index contributed by atoms with van der Waals surface area (Å²) >= 11 is 0. The summed E-state index contributed by atoms with van der Waals surface area (Å²) in [7, 11) is 0. The van der Waals surface area contributed by atoms with Crippen molar-refractivity contribution in [3.63, 3.8) is 0 Å². The summed E-state index contributed by atoms with van der Waals surface area (Å²) in [4.78, 5) is 2.31. The summed E-state index contributed by atoms with van der Waals surface area (Å²) in [5.41, 5.74) is 18.9. The van der Waals surface area contributed by atoms with Gasteiger partial charge in [0.05, 0.1) is 16.4 Å². The van der Waals surface area contributed by atoms with Crippen LogP contribution in [0.3, 0.4) is 0 Å². The van der Waals surface area contributed by atoms with Gasteiger partial charge in [-0.05, 0) is 116 Å². The minimum absolute atomic E-state index is 0.475. The molecule has 2 heteroatoms. The van der Waals surface area contributed by atoms with Crippen molar-refractivity contribution < 1.29 is 0 Å². The fourth-order valence-electron chi connectivity index (χ4n) is 10.3. The average molecular weight is 803 g/mol. The Morgan fingerprint density at radius 1 is 0.302 bits per heavy atom. The number of aromatic nitrogens is 1. The predicted octanol–water partition coefficient (Wildman–Crippen LogP) is 16.0. The van der Waals surface area contributed by atoms with Crippen LogP contribution in [0.5, 0.6) is 0 Å². The minimum atomic E-state index is -0.475. The molecular weight excluding hydrogens is 761 g/mol. The molecule has 1 aliphatic rings. The summed E-state index contributed by atoms with van der Waals surface area (Å²) in [5, 5.41) is 2.49. The van der Waals surface area contributed by atoms with E-state index in [0.29, 0.717) is 0 Å². The average Bonchev–Trinajstić information content (AvgIpc) is 3.85. The molecule has 12 rings (SSSR count). The van der Waals surface area contributed by atoms with Gasteiger partial charge in [0.2, 0.25) is 0 Å². The normalized spacial score (nSPS) is 12.6. The van der Waals surface area contributed by atoms with E-state index in [1.165, 1.54) is 77.4 Å². The van der Waals surface area contributed by atoms with Gasteiger partial charge >= 0.3 is 0 Å². The lowest BCUT2D eigenvalue weighted by Gasteiger charge is -2.34. The monoisotopic (exact) mass is 802 g/mol. The first-order valence-electron chi connectivity index (χ1n) is 21.8. The number of rotatable bonds is 8. The van der Waals surface area contributed by atoms with Gasteiger partial charge in [-0.25, -0.2) is 0 Å². The third-order valence-electron chi connectivity index (χ3n) is 13.1. The molecule has 296 valence electrons. The van der Waals surface area contributed by atoms with E-state index in [2.05, 4.69) is 264 Å². The maximum atomic E-state index is 2.48. The van der Waals surface area contributed by atoms with Crippen LogP contribution < -0.4 is 4.90 Å². The van der Waals surface area contributed by atoms with Crippen molar-refractivity contribution in [1.29, 1.82) is 0 Å². The van der Waals surface area contributed by atoms with Crippen LogP contribution in [-0.2, 0) is 5.41 Å². The molecule has 0 bridgehead atoms. The van der Waals surface area contributed by atoms with Crippen molar-refractivity contribution in [1.82, 2.24) is 4.57 Å². The molecule has 0 unspecified atom stereocenters. The molecule has 0 spiro atoms. The SMILES string of the molecule is c1ccc(N(c2ccccc2)c2cccc(-c3ccc(-c4ccc5c6ccccc6n(-c6ccc7c(c6)C(c6ccccc6)(c6ccccc6)c6ccccc6-7)c5c4)cc3)c2)cc1. The van der Waals surface area contributed by atoms with Crippen molar-refractivity contribution in [3.05, 3.63) is 277 Å². The molecule has 1 aliphatic carbocycles.